The van der Waals surface area contributed by atoms with Crippen molar-refractivity contribution in [3.63, 3.8) is 0 Å². The second-order valence-corrected chi connectivity index (χ2v) is 6.49. The van der Waals surface area contributed by atoms with E-state index in [9.17, 15) is 14.9 Å². The SMILES string of the molecule is CC(C)C[C@H](Nc1ncccc1[N+](=O)[O-])C(=O)OC(C)(C)C. The Morgan fingerprint density at radius 3 is 2.59 bits per heavy atom. The third kappa shape index (κ3) is 5.67. The first-order valence-electron chi connectivity index (χ1n) is 7.19. The number of aromatic nitrogens is 1. The number of esters is 1. The van der Waals surface area contributed by atoms with Gasteiger partial charge in [-0.2, -0.15) is 0 Å². The van der Waals surface area contributed by atoms with Crippen LogP contribution in [0.25, 0.3) is 0 Å². The highest BCUT2D eigenvalue weighted by Gasteiger charge is 2.28. The maximum absolute atomic E-state index is 12.3. The summed E-state index contributed by atoms with van der Waals surface area (Å²) in [5, 5.41) is 13.9. The predicted molar refractivity (Wildman–Crippen MR) is 83.6 cm³/mol. The monoisotopic (exact) mass is 309 g/mol. The molecule has 22 heavy (non-hydrogen) atoms. The van der Waals surface area contributed by atoms with Gasteiger partial charge in [-0.25, -0.2) is 9.78 Å². The molecule has 1 N–H and O–H groups in total. The molecule has 0 aliphatic carbocycles. The first-order valence-corrected chi connectivity index (χ1v) is 7.19. The Morgan fingerprint density at radius 1 is 1.45 bits per heavy atom. The summed E-state index contributed by atoms with van der Waals surface area (Å²) < 4.78 is 5.37. The lowest BCUT2D eigenvalue weighted by Crippen LogP contribution is -2.37. The van der Waals surface area contributed by atoms with E-state index in [1.54, 1.807) is 20.8 Å². The molecule has 0 aromatic carbocycles. The van der Waals surface area contributed by atoms with E-state index in [0.717, 1.165) is 0 Å². The zero-order valence-electron chi connectivity index (χ0n) is 13.6. The van der Waals surface area contributed by atoms with Crippen LogP contribution in [0.3, 0.4) is 0 Å². The average molecular weight is 309 g/mol. The largest absolute Gasteiger partial charge is 0.458 e. The second kappa shape index (κ2) is 7.20. The summed E-state index contributed by atoms with van der Waals surface area (Å²) in [6.07, 6.45) is 1.93. The maximum atomic E-state index is 12.3. The van der Waals surface area contributed by atoms with E-state index in [1.807, 2.05) is 13.8 Å². The molecule has 7 heteroatoms. The van der Waals surface area contributed by atoms with Crippen LogP contribution in [-0.2, 0) is 9.53 Å². The maximum Gasteiger partial charge on any atom is 0.329 e. The number of ether oxygens (including phenoxy) is 1. The van der Waals surface area contributed by atoms with Crippen LogP contribution in [-0.4, -0.2) is 27.5 Å². The molecule has 1 rings (SSSR count). The summed E-state index contributed by atoms with van der Waals surface area (Å²) >= 11 is 0. The third-order valence-electron chi connectivity index (χ3n) is 2.69. The molecule has 1 atom stereocenters. The number of nitro groups is 1. The van der Waals surface area contributed by atoms with Crippen molar-refractivity contribution >= 4 is 17.5 Å². The highest BCUT2D eigenvalue weighted by molar-refractivity contribution is 5.80. The third-order valence-corrected chi connectivity index (χ3v) is 2.69. The highest BCUT2D eigenvalue weighted by atomic mass is 16.6. The van der Waals surface area contributed by atoms with Crippen LogP contribution >= 0.6 is 0 Å². The van der Waals surface area contributed by atoms with Crippen LogP contribution in [0.2, 0.25) is 0 Å². The summed E-state index contributed by atoms with van der Waals surface area (Å²) in [4.78, 5) is 26.8. The van der Waals surface area contributed by atoms with Gasteiger partial charge in [0, 0.05) is 12.3 Å². The van der Waals surface area contributed by atoms with E-state index >= 15 is 0 Å². The van der Waals surface area contributed by atoms with Gasteiger partial charge >= 0.3 is 11.7 Å². The number of nitrogens with one attached hydrogen (secondary N) is 1. The molecule has 122 valence electrons. The minimum Gasteiger partial charge on any atom is -0.458 e. The van der Waals surface area contributed by atoms with Crippen molar-refractivity contribution in [1.29, 1.82) is 0 Å². The van der Waals surface area contributed by atoms with E-state index in [-0.39, 0.29) is 17.4 Å². The van der Waals surface area contributed by atoms with E-state index < -0.39 is 22.5 Å². The molecule has 1 heterocycles. The number of hydrogen-bond donors (Lipinski definition) is 1. The van der Waals surface area contributed by atoms with Crippen LogP contribution in [0.4, 0.5) is 11.5 Å². The van der Waals surface area contributed by atoms with Gasteiger partial charge < -0.3 is 10.1 Å². The molecule has 0 unspecified atom stereocenters. The van der Waals surface area contributed by atoms with Gasteiger partial charge in [-0.15, -0.1) is 0 Å². The number of rotatable bonds is 6. The summed E-state index contributed by atoms with van der Waals surface area (Å²) in [5.41, 5.74) is -0.788. The van der Waals surface area contributed by atoms with E-state index in [1.165, 1.54) is 18.3 Å². The molecule has 0 spiro atoms. The molecular weight excluding hydrogens is 286 g/mol. The molecule has 0 radical (unpaired) electrons. The molecule has 1 aromatic rings. The summed E-state index contributed by atoms with van der Waals surface area (Å²) in [7, 11) is 0. The minimum absolute atomic E-state index is 0.0732. The first-order chi connectivity index (χ1) is 10.1. The lowest BCUT2D eigenvalue weighted by atomic mass is 10.0. The zero-order valence-corrected chi connectivity index (χ0v) is 13.6. The van der Waals surface area contributed by atoms with Gasteiger partial charge in [0.2, 0.25) is 5.82 Å². The Balaban J connectivity index is 2.99. The Morgan fingerprint density at radius 2 is 2.09 bits per heavy atom. The van der Waals surface area contributed by atoms with Gasteiger partial charge in [-0.1, -0.05) is 13.8 Å². The fraction of sp³-hybridized carbons (Fsp3) is 0.600. The van der Waals surface area contributed by atoms with Crippen LogP contribution in [0, 0.1) is 16.0 Å². The van der Waals surface area contributed by atoms with E-state index in [2.05, 4.69) is 10.3 Å². The molecule has 0 saturated carbocycles. The van der Waals surface area contributed by atoms with Crippen molar-refractivity contribution in [2.24, 2.45) is 5.92 Å². The van der Waals surface area contributed by atoms with Crippen molar-refractivity contribution in [2.45, 2.75) is 52.7 Å². The Labute approximate surface area is 130 Å². The number of nitrogens with zero attached hydrogens (tertiary/aromatic N) is 2. The standard InChI is InChI=1S/C15H23N3O4/c1-10(2)9-11(14(19)22-15(3,4)5)17-13-12(18(20)21)7-6-8-16-13/h6-8,10-11H,9H2,1-5H3,(H,16,17)/t11-/m0/s1. The molecule has 7 nitrogen and oxygen atoms in total. The van der Waals surface area contributed by atoms with Gasteiger partial charge in [-0.3, -0.25) is 10.1 Å². The average Bonchev–Trinajstić information content (AvgIpc) is 2.35. The molecule has 0 bridgehead atoms. The van der Waals surface area contributed by atoms with E-state index in [0.29, 0.717) is 6.42 Å². The molecule has 0 aliphatic heterocycles. The Kier molecular flexibility index (Phi) is 5.84. The normalized spacial score (nSPS) is 12.8. The van der Waals surface area contributed by atoms with Gasteiger partial charge in [0.1, 0.15) is 11.6 Å². The zero-order chi connectivity index (χ0) is 16.9. The predicted octanol–water partition coefficient (Wildman–Crippen LogP) is 3.16. The fourth-order valence-electron chi connectivity index (χ4n) is 1.88. The topological polar surface area (TPSA) is 94.4 Å². The van der Waals surface area contributed by atoms with Gasteiger partial charge in [0.05, 0.1) is 4.92 Å². The molecule has 0 aliphatic rings. The molecule has 0 saturated heterocycles. The second-order valence-electron chi connectivity index (χ2n) is 6.49. The van der Waals surface area contributed by atoms with E-state index in [4.69, 9.17) is 4.74 Å². The lowest BCUT2D eigenvalue weighted by Gasteiger charge is -2.25. The number of anilines is 1. The summed E-state index contributed by atoms with van der Waals surface area (Å²) in [5.74, 6) is -0.155. The molecule has 0 fully saturated rings. The van der Waals surface area contributed by atoms with Crippen LogP contribution in [0.5, 0.6) is 0 Å². The number of pyridine rings is 1. The number of carbonyl (C=O) groups is 1. The van der Waals surface area contributed by atoms with Gasteiger partial charge in [0.25, 0.3) is 0 Å². The molecule has 0 amide bonds. The van der Waals surface area contributed by atoms with Crippen molar-refractivity contribution in [3.05, 3.63) is 28.4 Å². The van der Waals surface area contributed by atoms with Crippen molar-refractivity contribution in [3.8, 4) is 0 Å². The Bertz CT molecular complexity index is 538. The van der Waals surface area contributed by atoms with Crippen molar-refractivity contribution in [1.82, 2.24) is 4.98 Å². The molecule has 1 aromatic heterocycles. The molecular formula is C15H23N3O4. The smallest absolute Gasteiger partial charge is 0.329 e. The highest BCUT2D eigenvalue weighted by Crippen LogP contribution is 2.23. The van der Waals surface area contributed by atoms with Gasteiger partial charge in [0.15, 0.2) is 0 Å². The summed E-state index contributed by atoms with van der Waals surface area (Å²) in [6, 6.07) is 2.14. The van der Waals surface area contributed by atoms with Crippen LogP contribution in [0.1, 0.15) is 41.0 Å². The first kappa shape index (κ1) is 17.9. The fourth-order valence-corrected chi connectivity index (χ4v) is 1.88. The summed E-state index contributed by atoms with van der Waals surface area (Å²) in [6.45, 7) is 9.26. The number of hydrogen-bond acceptors (Lipinski definition) is 6. The van der Waals surface area contributed by atoms with Crippen molar-refractivity contribution < 1.29 is 14.5 Å². The number of carbonyl (C=O) groups excluding carboxylic acids is 1. The van der Waals surface area contributed by atoms with Gasteiger partial charge in [-0.05, 0) is 39.2 Å². The Hall–Kier alpha value is -2.18. The van der Waals surface area contributed by atoms with Crippen LogP contribution in [0.15, 0.2) is 18.3 Å². The quantitative estimate of drug-likeness (QED) is 0.493. The van der Waals surface area contributed by atoms with Crippen molar-refractivity contribution in [2.75, 3.05) is 5.32 Å². The lowest BCUT2D eigenvalue weighted by molar-refractivity contribution is -0.384. The minimum atomic E-state index is -0.687. The van der Waals surface area contributed by atoms with Crippen LogP contribution < -0.4 is 5.32 Å².